The average Bonchev–Trinajstić information content (AvgIpc) is 2.25. The van der Waals surface area contributed by atoms with E-state index in [0.29, 0.717) is 5.41 Å². The van der Waals surface area contributed by atoms with Crippen LogP contribution in [0.5, 0.6) is 0 Å². The van der Waals surface area contributed by atoms with Crippen LogP contribution < -0.4 is 4.90 Å². The van der Waals surface area contributed by atoms with E-state index in [1.165, 1.54) is 16.8 Å². The molecule has 3 aliphatic rings. The van der Waals surface area contributed by atoms with Crippen LogP contribution in [-0.2, 0) is 11.3 Å². The zero-order chi connectivity index (χ0) is 12.2. The minimum absolute atomic E-state index is 0.492. The number of fused-ring (bicyclic) bond motifs is 1. The summed E-state index contributed by atoms with van der Waals surface area (Å²) in [6, 6.07) is 6.86. The van der Waals surface area contributed by atoms with Crippen LogP contribution in [0.1, 0.15) is 11.1 Å². The summed E-state index contributed by atoms with van der Waals surface area (Å²) in [5, 5.41) is 0. The highest BCUT2D eigenvalue weighted by Gasteiger charge is 2.49. The number of anilines is 1. The van der Waals surface area contributed by atoms with Crippen LogP contribution >= 0.6 is 0 Å². The van der Waals surface area contributed by atoms with Crippen molar-refractivity contribution in [3.05, 3.63) is 35.5 Å². The maximum atomic E-state index is 5.32. The lowest BCUT2D eigenvalue weighted by molar-refractivity contribution is -0.127. The minimum atomic E-state index is 0.492. The molecule has 0 amide bonds. The number of hydrogen-bond donors (Lipinski definition) is 0. The van der Waals surface area contributed by atoms with Crippen molar-refractivity contribution in [1.82, 2.24) is 4.90 Å². The zero-order valence-electron chi connectivity index (χ0n) is 10.7. The molecule has 2 saturated heterocycles. The molecule has 3 nitrogen and oxygen atoms in total. The average molecular weight is 242 g/mol. The number of ether oxygens (including phenoxy) is 1. The Labute approximate surface area is 108 Å². The molecule has 18 heavy (non-hydrogen) atoms. The Hall–Kier alpha value is -1.48. The standard InChI is InChI=1S/C15H18N2O/c1-16-5-4-12-6-14(3-2-13(12)7-16)17-8-15(9-17)10-18-11-15/h2-6H,7-11H2,1H3. The SMILES string of the molecule is CN1C=Cc2cc(N3CC4(COC4)C3)ccc2C1. The summed E-state index contributed by atoms with van der Waals surface area (Å²) < 4.78 is 5.32. The molecule has 0 aromatic heterocycles. The molecule has 1 spiro atoms. The lowest BCUT2D eigenvalue weighted by Crippen LogP contribution is -2.66. The van der Waals surface area contributed by atoms with Gasteiger partial charge in [-0.3, -0.25) is 0 Å². The molecule has 1 aromatic rings. The summed E-state index contributed by atoms with van der Waals surface area (Å²) in [7, 11) is 2.11. The van der Waals surface area contributed by atoms with E-state index < -0.39 is 0 Å². The number of benzene rings is 1. The molecule has 3 heterocycles. The number of nitrogens with zero attached hydrogens (tertiary/aromatic N) is 2. The minimum Gasteiger partial charge on any atom is -0.380 e. The van der Waals surface area contributed by atoms with Gasteiger partial charge in [0.25, 0.3) is 0 Å². The molecular formula is C15H18N2O. The van der Waals surface area contributed by atoms with E-state index in [1.807, 2.05) is 0 Å². The maximum Gasteiger partial charge on any atom is 0.0579 e. The van der Waals surface area contributed by atoms with Crippen LogP contribution in [0.4, 0.5) is 5.69 Å². The van der Waals surface area contributed by atoms with E-state index in [0.717, 1.165) is 32.8 Å². The first-order valence-electron chi connectivity index (χ1n) is 6.58. The topological polar surface area (TPSA) is 15.7 Å². The molecule has 0 unspecified atom stereocenters. The Morgan fingerprint density at radius 3 is 2.78 bits per heavy atom. The lowest BCUT2D eigenvalue weighted by Gasteiger charge is -2.56. The van der Waals surface area contributed by atoms with Crippen LogP contribution in [0.2, 0.25) is 0 Å². The van der Waals surface area contributed by atoms with Gasteiger partial charge in [-0.25, -0.2) is 0 Å². The van der Waals surface area contributed by atoms with Crippen LogP contribution in [0.25, 0.3) is 6.08 Å². The molecular weight excluding hydrogens is 224 g/mol. The molecule has 0 bridgehead atoms. The van der Waals surface area contributed by atoms with Gasteiger partial charge in [-0.1, -0.05) is 6.07 Å². The quantitative estimate of drug-likeness (QED) is 0.748. The van der Waals surface area contributed by atoms with Crippen LogP contribution in [0, 0.1) is 5.41 Å². The van der Waals surface area contributed by atoms with Crippen LogP contribution in [0.15, 0.2) is 24.4 Å². The fourth-order valence-corrected chi connectivity index (χ4v) is 3.13. The van der Waals surface area contributed by atoms with Crippen LogP contribution in [0.3, 0.4) is 0 Å². The van der Waals surface area contributed by atoms with E-state index in [1.54, 1.807) is 0 Å². The Morgan fingerprint density at radius 2 is 2.06 bits per heavy atom. The summed E-state index contributed by atoms with van der Waals surface area (Å²) in [6.07, 6.45) is 4.37. The molecule has 3 aliphatic heterocycles. The molecule has 2 fully saturated rings. The maximum absolute atomic E-state index is 5.32. The van der Waals surface area contributed by atoms with Crippen molar-refractivity contribution in [3.63, 3.8) is 0 Å². The molecule has 0 aliphatic carbocycles. The van der Waals surface area contributed by atoms with E-state index >= 15 is 0 Å². The predicted octanol–water partition coefficient (Wildman–Crippen LogP) is 1.94. The summed E-state index contributed by atoms with van der Waals surface area (Å²) in [4.78, 5) is 4.68. The zero-order valence-corrected chi connectivity index (χ0v) is 10.7. The highest BCUT2D eigenvalue weighted by Crippen LogP contribution is 2.40. The predicted molar refractivity (Wildman–Crippen MR) is 72.4 cm³/mol. The third-order valence-electron chi connectivity index (χ3n) is 4.29. The van der Waals surface area contributed by atoms with Gasteiger partial charge in [0.2, 0.25) is 0 Å². The highest BCUT2D eigenvalue weighted by molar-refractivity contribution is 5.64. The third kappa shape index (κ3) is 1.47. The molecule has 0 N–H and O–H groups in total. The van der Waals surface area contributed by atoms with Gasteiger partial charge in [-0.05, 0) is 35.5 Å². The molecule has 3 heteroatoms. The highest BCUT2D eigenvalue weighted by atomic mass is 16.5. The Bertz CT molecular complexity index is 511. The van der Waals surface area contributed by atoms with Crippen molar-refractivity contribution < 1.29 is 4.74 Å². The normalized spacial score (nSPS) is 23.6. The molecule has 4 rings (SSSR count). The van der Waals surface area contributed by atoms with Crippen molar-refractivity contribution >= 4 is 11.8 Å². The fourth-order valence-electron chi connectivity index (χ4n) is 3.13. The van der Waals surface area contributed by atoms with E-state index in [4.69, 9.17) is 4.74 Å². The molecule has 1 aromatic carbocycles. The van der Waals surface area contributed by atoms with Crippen molar-refractivity contribution in [2.24, 2.45) is 5.41 Å². The van der Waals surface area contributed by atoms with Gasteiger partial charge in [-0.2, -0.15) is 0 Å². The summed E-state index contributed by atoms with van der Waals surface area (Å²) in [5.41, 5.74) is 4.65. The van der Waals surface area contributed by atoms with Gasteiger partial charge in [0.05, 0.1) is 18.6 Å². The lowest BCUT2D eigenvalue weighted by atomic mass is 9.77. The first-order valence-corrected chi connectivity index (χ1v) is 6.58. The van der Waals surface area contributed by atoms with Crippen molar-refractivity contribution in [1.29, 1.82) is 0 Å². The van der Waals surface area contributed by atoms with E-state index in [9.17, 15) is 0 Å². The Balaban J connectivity index is 1.56. The number of rotatable bonds is 1. The van der Waals surface area contributed by atoms with Crippen molar-refractivity contribution in [3.8, 4) is 0 Å². The number of hydrogen-bond acceptors (Lipinski definition) is 3. The molecule has 0 radical (unpaired) electrons. The second kappa shape index (κ2) is 3.51. The largest absolute Gasteiger partial charge is 0.380 e. The van der Waals surface area contributed by atoms with Gasteiger partial charge in [0.15, 0.2) is 0 Å². The van der Waals surface area contributed by atoms with Gasteiger partial charge >= 0.3 is 0 Å². The summed E-state index contributed by atoms with van der Waals surface area (Å²) in [6.45, 7) is 5.26. The van der Waals surface area contributed by atoms with Gasteiger partial charge in [-0.15, -0.1) is 0 Å². The Kier molecular flexibility index (Phi) is 2.04. The van der Waals surface area contributed by atoms with Crippen LogP contribution in [-0.4, -0.2) is 38.3 Å². The first kappa shape index (κ1) is 10.4. The summed E-state index contributed by atoms with van der Waals surface area (Å²) >= 11 is 0. The third-order valence-corrected chi connectivity index (χ3v) is 4.29. The van der Waals surface area contributed by atoms with Crippen molar-refractivity contribution in [2.75, 3.05) is 38.3 Å². The molecule has 0 saturated carbocycles. The monoisotopic (exact) mass is 242 g/mol. The van der Waals surface area contributed by atoms with Gasteiger partial charge < -0.3 is 14.5 Å². The fraction of sp³-hybridized carbons (Fsp3) is 0.467. The van der Waals surface area contributed by atoms with Crippen molar-refractivity contribution in [2.45, 2.75) is 6.54 Å². The first-order chi connectivity index (χ1) is 8.74. The second-order valence-corrected chi connectivity index (χ2v) is 5.96. The smallest absolute Gasteiger partial charge is 0.0579 e. The molecule has 0 atom stereocenters. The van der Waals surface area contributed by atoms with Gasteiger partial charge in [0, 0.05) is 32.4 Å². The van der Waals surface area contributed by atoms with E-state index in [-0.39, 0.29) is 0 Å². The molecule has 94 valence electrons. The van der Waals surface area contributed by atoms with Gasteiger partial charge in [0.1, 0.15) is 0 Å². The van der Waals surface area contributed by atoms with E-state index in [2.05, 4.69) is 47.3 Å². The second-order valence-electron chi connectivity index (χ2n) is 5.96. The summed E-state index contributed by atoms with van der Waals surface area (Å²) in [5.74, 6) is 0. The Morgan fingerprint density at radius 1 is 1.22 bits per heavy atom.